The number of hydrogen-bond donors (Lipinski definition) is 1. The van der Waals surface area contributed by atoms with Crippen molar-refractivity contribution in [3.8, 4) is 0 Å². The predicted octanol–water partition coefficient (Wildman–Crippen LogP) is 1.25. The molecule has 0 spiro atoms. The molecule has 0 amide bonds. The molecule has 0 bridgehead atoms. The molecule has 3 heteroatoms. The molecule has 2 rings (SSSR count). The monoisotopic (exact) mass is 179 g/mol. The van der Waals surface area contributed by atoms with Crippen LogP contribution < -0.4 is 5.73 Å². The van der Waals surface area contributed by atoms with Gasteiger partial charge in [0.05, 0.1) is 11.2 Å². The molecule has 72 valence electrons. The Hall–Kier alpha value is -0.830. The molecule has 1 fully saturated rings. The Bertz CT molecular complexity index is 316. The average molecular weight is 179 g/mol. The van der Waals surface area contributed by atoms with Crippen molar-refractivity contribution in [2.75, 3.05) is 0 Å². The highest BCUT2D eigenvalue weighted by Crippen LogP contribution is 2.53. The van der Waals surface area contributed by atoms with E-state index in [-0.39, 0.29) is 5.54 Å². The van der Waals surface area contributed by atoms with Gasteiger partial charge in [0.2, 0.25) is 0 Å². The molecule has 0 radical (unpaired) electrons. The summed E-state index contributed by atoms with van der Waals surface area (Å²) in [4.78, 5) is 0. The Kier molecular flexibility index (Phi) is 1.74. The topological polar surface area (TPSA) is 43.8 Å². The van der Waals surface area contributed by atoms with Crippen LogP contribution in [-0.4, -0.2) is 9.78 Å². The molecule has 0 saturated heterocycles. The largest absolute Gasteiger partial charge is 0.320 e. The van der Waals surface area contributed by atoms with Gasteiger partial charge in [-0.2, -0.15) is 5.10 Å². The molecule has 2 unspecified atom stereocenters. The third kappa shape index (κ3) is 1.18. The standard InChI is InChI=1S/C10H17N3/c1-7(2)8-6-10(8,11)9-4-5-12-13(9)3/h4-5,7-8H,6,11H2,1-3H3. The minimum atomic E-state index is -0.0978. The van der Waals surface area contributed by atoms with E-state index in [9.17, 15) is 0 Å². The first-order valence-electron chi connectivity index (χ1n) is 4.83. The van der Waals surface area contributed by atoms with Crippen LogP contribution in [0, 0.1) is 11.8 Å². The molecule has 3 nitrogen and oxygen atoms in total. The van der Waals surface area contributed by atoms with Gasteiger partial charge in [0, 0.05) is 13.2 Å². The molecule has 1 aliphatic carbocycles. The highest BCUT2D eigenvalue weighted by atomic mass is 15.3. The number of aryl methyl sites for hydroxylation is 1. The lowest BCUT2D eigenvalue weighted by atomic mass is 10.0. The molecule has 1 heterocycles. The molecule has 0 aromatic carbocycles. The summed E-state index contributed by atoms with van der Waals surface area (Å²) in [6.45, 7) is 4.46. The second-order valence-corrected chi connectivity index (χ2v) is 4.44. The van der Waals surface area contributed by atoms with Crippen LogP contribution >= 0.6 is 0 Å². The van der Waals surface area contributed by atoms with Gasteiger partial charge in [0.15, 0.2) is 0 Å². The third-order valence-corrected chi connectivity index (χ3v) is 3.16. The Morgan fingerprint density at radius 2 is 2.38 bits per heavy atom. The molecule has 2 N–H and O–H groups in total. The second kappa shape index (κ2) is 2.58. The zero-order chi connectivity index (χ0) is 9.64. The summed E-state index contributed by atoms with van der Waals surface area (Å²) in [5.41, 5.74) is 7.37. The van der Waals surface area contributed by atoms with Crippen molar-refractivity contribution >= 4 is 0 Å². The summed E-state index contributed by atoms with van der Waals surface area (Å²) in [5, 5.41) is 4.15. The fraction of sp³-hybridized carbons (Fsp3) is 0.700. The molecule has 2 atom stereocenters. The first kappa shape index (κ1) is 8.75. The summed E-state index contributed by atoms with van der Waals surface area (Å²) in [5.74, 6) is 1.29. The van der Waals surface area contributed by atoms with E-state index in [0.29, 0.717) is 11.8 Å². The van der Waals surface area contributed by atoms with E-state index in [1.54, 1.807) is 0 Å². The van der Waals surface area contributed by atoms with Gasteiger partial charge in [-0.1, -0.05) is 13.8 Å². The molecule has 1 aromatic heterocycles. The lowest BCUT2D eigenvalue weighted by molar-refractivity contribution is 0.468. The van der Waals surface area contributed by atoms with E-state index in [1.165, 1.54) is 5.69 Å². The van der Waals surface area contributed by atoms with Crippen molar-refractivity contribution in [1.82, 2.24) is 9.78 Å². The summed E-state index contributed by atoms with van der Waals surface area (Å²) < 4.78 is 1.89. The Morgan fingerprint density at radius 3 is 2.77 bits per heavy atom. The van der Waals surface area contributed by atoms with Crippen molar-refractivity contribution in [3.63, 3.8) is 0 Å². The van der Waals surface area contributed by atoms with Crippen LogP contribution in [0.5, 0.6) is 0 Å². The Morgan fingerprint density at radius 1 is 1.69 bits per heavy atom. The van der Waals surface area contributed by atoms with E-state index in [1.807, 2.05) is 24.0 Å². The van der Waals surface area contributed by atoms with Crippen LogP contribution in [-0.2, 0) is 12.6 Å². The van der Waals surface area contributed by atoms with Gasteiger partial charge in [-0.05, 0) is 24.3 Å². The number of hydrogen-bond acceptors (Lipinski definition) is 2. The first-order valence-corrected chi connectivity index (χ1v) is 4.83. The van der Waals surface area contributed by atoms with E-state index >= 15 is 0 Å². The second-order valence-electron chi connectivity index (χ2n) is 4.44. The SMILES string of the molecule is CC(C)C1CC1(N)c1ccnn1C. The maximum atomic E-state index is 6.30. The van der Waals surface area contributed by atoms with Crippen LogP contribution in [0.4, 0.5) is 0 Å². The zero-order valence-electron chi connectivity index (χ0n) is 8.49. The Labute approximate surface area is 78.9 Å². The number of nitrogens with two attached hydrogens (primary N) is 1. The molecule has 1 aliphatic rings. The zero-order valence-corrected chi connectivity index (χ0v) is 8.49. The maximum Gasteiger partial charge on any atom is 0.0615 e. The first-order chi connectivity index (χ1) is 6.05. The van der Waals surface area contributed by atoms with Crippen molar-refractivity contribution in [2.24, 2.45) is 24.6 Å². The van der Waals surface area contributed by atoms with Crippen molar-refractivity contribution < 1.29 is 0 Å². The van der Waals surface area contributed by atoms with E-state index in [4.69, 9.17) is 5.73 Å². The van der Waals surface area contributed by atoms with Gasteiger partial charge in [-0.25, -0.2) is 0 Å². The summed E-state index contributed by atoms with van der Waals surface area (Å²) in [6, 6.07) is 2.03. The highest BCUT2D eigenvalue weighted by molar-refractivity contribution is 5.25. The van der Waals surface area contributed by atoms with Gasteiger partial charge >= 0.3 is 0 Å². The van der Waals surface area contributed by atoms with Crippen molar-refractivity contribution in [2.45, 2.75) is 25.8 Å². The van der Waals surface area contributed by atoms with Crippen molar-refractivity contribution in [3.05, 3.63) is 18.0 Å². The molecule has 1 saturated carbocycles. The third-order valence-electron chi connectivity index (χ3n) is 3.16. The number of nitrogens with zero attached hydrogens (tertiary/aromatic N) is 2. The van der Waals surface area contributed by atoms with Gasteiger partial charge in [-0.3, -0.25) is 4.68 Å². The summed E-state index contributed by atoms with van der Waals surface area (Å²) in [7, 11) is 1.96. The fourth-order valence-electron chi connectivity index (χ4n) is 2.26. The van der Waals surface area contributed by atoms with Gasteiger partial charge in [-0.15, -0.1) is 0 Å². The summed E-state index contributed by atoms with van der Waals surface area (Å²) in [6.07, 6.45) is 2.92. The minimum absolute atomic E-state index is 0.0978. The average Bonchev–Trinajstić information content (AvgIpc) is 2.53. The number of rotatable bonds is 2. The van der Waals surface area contributed by atoms with Crippen LogP contribution in [0.15, 0.2) is 12.3 Å². The van der Waals surface area contributed by atoms with Gasteiger partial charge < -0.3 is 5.73 Å². The number of aromatic nitrogens is 2. The fourth-order valence-corrected chi connectivity index (χ4v) is 2.26. The molecular formula is C10H17N3. The molecular weight excluding hydrogens is 162 g/mol. The lowest BCUT2D eigenvalue weighted by Crippen LogP contribution is -2.26. The van der Waals surface area contributed by atoms with Crippen LogP contribution in [0.3, 0.4) is 0 Å². The highest BCUT2D eigenvalue weighted by Gasteiger charge is 2.54. The molecule has 13 heavy (non-hydrogen) atoms. The van der Waals surface area contributed by atoms with Crippen LogP contribution in [0.1, 0.15) is 26.0 Å². The normalized spacial score (nSPS) is 32.5. The van der Waals surface area contributed by atoms with Crippen LogP contribution in [0.2, 0.25) is 0 Å². The van der Waals surface area contributed by atoms with Crippen LogP contribution in [0.25, 0.3) is 0 Å². The molecule has 1 aromatic rings. The van der Waals surface area contributed by atoms with Crippen molar-refractivity contribution in [1.29, 1.82) is 0 Å². The smallest absolute Gasteiger partial charge is 0.0615 e. The summed E-state index contributed by atoms with van der Waals surface area (Å²) >= 11 is 0. The maximum absolute atomic E-state index is 6.30. The van der Waals surface area contributed by atoms with Gasteiger partial charge in [0.25, 0.3) is 0 Å². The lowest BCUT2D eigenvalue weighted by Gasteiger charge is -2.13. The minimum Gasteiger partial charge on any atom is -0.320 e. The van der Waals surface area contributed by atoms with Gasteiger partial charge in [0.1, 0.15) is 0 Å². The van der Waals surface area contributed by atoms with E-state index < -0.39 is 0 Å². The quantitative estimate of drug-likeness (QED) is 0.742. The molecule has 0 aliphatic heterocycles. The predicted molar refractivity (Wildman–Crippen MR) is 52.0 cm³/mol. The van der Waals surface area contributed by atoms with E-state index in [0.717, 1.165) is 6.42 Å². The van der Waals surface area contributed by atoms with E-state index in [2.05, 4.69) is 18.9 Å². The Balaban J connectivity index is 2.25.